The smallest absolute Gasteiger partial charge is 0.160 e. The lowest BCUT2D eigenvalue weighted by Gasteiger charge is -2.07. The van der Waals surface area contributed by atoms with Gasteiger partial charge in [0.2, 0.25) is 0 Å². The number of ether oxygens (including phenoxy) is 1. The molecule has 4 heterocycles. The number of hydrogen-bond acceptors (Lipinski definition) is 5. The van der Waals surface area contributed by atoms with E-state index >= 15 is 0 Å². The molecule has 8 heteroatoms. The second-order valence-corrected chi connectivity index (χ2v) is 8.14. The molecule has 0 atom stereocenters. The maximum atomic E-state index is 5.28. The van der Waals surface area contributed by atoms with E-state index in [4.69, 9.17) is 14.8 Å². The number of aryl methyl sites for hydroxylation is 1. The monoisotopic (exact) mass is 427 g/mol. The Labute approximate surface area is 186 Å². The zero-order valence-corrected chi connectivity index (χ0v) is 18.6. The largest absolute Gasteiger partial charge is 0.497 e. The van der Waals surface area contributed by atoms with Crippen molar-refractivity contribution in [2.24, 2.45) is 7.05 Å². The van der Waals surface area contributed by atoms with Crippen molar-refractivity contribution in [1.82, 2.24) is 34.1 Å². The van der Waals surface area contributed by atoms with E-state index in [0.29, 0.717) is 6.54 Å². The summed E-state index contributed by atoms with van der Waals surface area (Å²) < 4.78 is 11.1. The standard InChI is InChI=1S/C24H25N7O/c1-16(2)23-22-21(30-14-20(26-15-30)18-11-27-29(3)13-18)9-10-25-24(22)31(28-23)12-17-5-7-19(32-4)8-6-17/h5-11,13-16H,12H2,1-4H3. The highest BCUT2D eigenvalue weighted by atomic mass is 16.5. The van der Waals surface area contributed by atoms with Crippen molar-refractivity contribution in [3.05, 3.63) is 72.7 Å². The van der Waals surface area contributed by atoms with Crippen molar-refractivity contribution in [3.63, 3.8) is 0 Å². The number of nitrogens with zero attached hydrogens (tertiary/aromatic N) is 7. The fourth-order valence-corrected chi connectivity index (χ4v) is 3.90. The highest BCUT2D eigenvalue weighted by Crippen LogP contribution is 2.30. The molecule has 4 aromatic heterocycles. The highest BCUT2D eigenvalue weighted by Gasteiger charge is 2.19. The SMILES string of the molecule is COc1ccc(Cn2nc(C(C)C)c3c(-n4cnc(-c5cnn(C)c5)c4)ccnc32)cc1. The molecule has 0 radical (unpaired) electrons. The topological polar surface area (TPSA) is 75.6 Å². The van der Waals surface area contributed by atoms with Crippen LogP contribution in [0.1, 0.15) is 31.0 Å². The third-order valence-corrected chi connectivity index (χ3v) is 5.54. The zero-order chi connectivity index (χ0) is 22.2. The number of aromatic nitrogens is 7. The molecule has 162 valence electrons. The summed E-state index contributed by atoms with van der Waals surface area (Å²) in [6.45, 7) is 4.95. The summed E-state index contributed by atoms with van der Waals surface area (Å²) >= 11 is 0. The molecule has 0 fully saturated rings. The number of benzene rings is 1. The second kappa shape index (κ2) is 7.96. The molecule has 0 bridgehead atoms. The molecule has 0 unspecified atom stereocenters. The van der Waals surface area contributed by atoms with Crippen molar-refractivity contribution in [1.29, 1.82) is 0 Å². The minimum atomic E-state index is 0.249. The molecular formula is C24H25N7O. The maximum Gasteiger partial charge on any atom is 0.160 e. The van der Waals surface area contributed by atoms with Gasteiger partial charge in [-0.1, -0.05) is 26.0 Å². The van der Waals surface area contributed by atoms with Crippen LogP contribution in [-0.2, 0) is 13.6 Å². The van der Waals surface area contributed by atoms with Crippen LogP contribution in [0.2, 0.25) is 0 Å². The van der Waals surface area contributed by atoms with Crippen LogP contribution < -0.4 is 4.74 Å². The van der Waals surface area contributed by atoms with Gasteiger partial charge in [-0.05, 0) is 29.7 Å². The van der Waals surface area contributed by atoms with Crippen LogP contribution in [-0.4, -0.2) is 41.2 Å². The van der Waals surface area contributed by atoms with Crippen LogP contribution in [0, 0.1) is 0 Å². The number of methoxy groups -OCH3 is 1. The first-order valence-electron chi connectivity index (χ1n) is 10.5. The summed E-state index contributed by atoms with van der Waals surface area (Å²) in [6.07, 6.45) is 9.47. The van der Waals surface area contributed by atoms with E-state index in [1.807, 2.05) is 65.6 Å². The normalized spacial score (nSPS) is 11.5. The van der Waals surface area contributed by atoms with Gasteiger partial charge in [0.1, 0.15) is 5.75 Å². The number of pyridine rings is 1. The van der Waals surface area contributed by atoms with Gasteiger partial charge in [0, 0.05) is 31.2 Å². The zero-order valence-electron chi connectivity index (χ0n) is 18.6. The molecule has 0 saturated heterocycles. The molecule has 32 heavy (non-hydrogen) atoms. The summed E-state index contributed by atoms with van der Waals surface area (Å²) in [4.78, 5) is 9.30. The fraction of sp³-hybridized carbons (Fsp3) is 0.250. The average Bonchev–Trinajstić information content (AvgIpc) is 3.53. The Kier molecular flexibility index (Phi) is 4.97. The van der Waals surface area contributed by atoms with Gasteiger partial charge in [-0.25, -0.2) is 14.6 Å². The molecule has 0 aliphatic heterocycles. The van der Waals surface area contributed by atoms with Crippen molar-refractivity contribution in [3.8, 4) is 22.7 Å². The van der Waals surface area contributed by atoms with Crippen LogP contribution in [0.15, 0.2) is 61.4 Å². The molecule has 0 saturated carbocycles. The molecular weight excluding hydrogens is 402 g/mol. The van der Waals surface area contributed by atoms with E-state index in [1.54, 1.807) is 11.8 Å². The van der Waals surface area contributed by atoms with Gasteiger partial charge in [-0.15, -0.1) is 0 Å². The number of fused-ring (bicyclic) bond motifs is 1. The van der Waals surface area contributed by atoms with Gasteiger partial charge in [-0.3, -0.25) is 4.68 Å². The van der Waals surface area contributed by atoms with Gasteiger partial charge in [0.05, 0.1) is 48.6 Å². The second-order valence-electron chi connectivity index (χ2n) is 8.14. The van der Waals surface area contributed by atoms with Gasteiger partial charge >= 0.3 is 0 Å². The summed E-state index contributed by atoms with van der Waals surface area (Å²) in [6, 6.07) is 10.1. The highest BCUT2D eigenvalue weighted by molar-refractivity contribution is 5.88. The van der Waals surface area contributed by atoms with E-state index in [1.165, 1.54) is 0 Å². The predicted octanol–water partition coefficient (Wildman–Crippen LogP) is 4.20. The van der Waals surface area contributed by atoms with Gasteiger partial charge in [-0.2, -0.15) is 10.2 Å². The lowest BCUT2D eigenvalue weighted by Crippen LogP contribution is -2.03. The van der Waals surface area contributed by atoms with Crippen LogP contribution in [0.5, 0.6) is 5.75 Å². The van der Waals surface area contributed by atoms with Crippen LogP contribution in [0.4, 0.5) is 0 Å². The third kappa shape index (κ3) is 3.53. The molecule has 0 spiro atoms. The van der Waals surface area contributed by atoms with Crippen molar-refractivity contribution < 1.29 is 4.74 Å². The first-order chi connectivity index (χ1) is 15.5. The lowest BCUT2D eigenvalue weighted by molar-refractivity contribution is 0.414. The summed E-state index contributed by atoms with van der Waals surface area (Å²) in [7, 11) is 3.57. The minimum Gasteiger partial charge on any atom is -0.497 e. The lowest BCUT2D eigenvalue weighted by atomic mass is 10.1. The average molecular weight is 428 g/mol. The Bertz CT molecular complexity index is 1380. The first-order valence-corrected chi connectivity index (χ1v) is 10.5. The van der Waals surface area contributed by atoms with Crippen LogP contribution in [0.3, 0.4) is 0 Å². The molecule has 0 amide bonds. The Balaban J connectivity index is 1.59. The summed E-state index contributed by atoms with van der Waals surface area (Å²) in [5, 5.41) is 10.3. The van der Waals surface area contributed by atoms with E-state index in [9.17, 15) is 0 Å². The maximum absolute atomic E-state index is 5.28. The molecule has 0 N–H and O–H groups in total. The van der Waals surface area contributed by atoms with Crippen molar-refractivity contribution in [2.45, 2.75) is 26.3 Å². The van der Waals surface area contributed by atoms with Gasteiger partial charge in [0.25, 0.3) is 0 Å². The third-order valence-electron chi connectivity index (χ3n) is 5.54. The Hall–Kier alpha value is -3.94. The quantitative estimate of drug-likeness (QED) is 0.406. The first kappa shape index (κ1) is 20.0. The van der Waals surface area contributed by atoms with Gasteiger partial charge < -0.3 is 9.30 Å². The summed E-state index contributed by atoms with van der Waals surface area (Å²) in [5.41, 5.74) is 5.89. The minimum absolute atomic E-state index is 0.249. The van der Waals surface area contributed by atoms with E-state index in [0.717, 1.165) is 45.0 Å². The van der Waals surface area contributed by atoms with E-state index in [-0.39, 0.29) is 5.92 Å². The van der Waals surface area contributed by atoms with Crippen LogP contribution >= 0.6 is 0 Å². The Morgan fingerprint density at radius 1 is 1.03 bits per heavy atom. The molecule has 0 aliphatic rings. The molecule has 5 aromatic rings. The molecule has 5 rings (SSSR count). The Morgan fingerprint density at radius 3 is 2.53 bits per heavy atom. The fourth-order valence-electron chi connectivity index (χ4n) is 3.90. The number of hydrogen-bond donors (Lipinski definition) is 0. The number of rotatable bonds is 6. The predicted molar refractivity (Wildman–Crippen MR) is 123 cm³/mol. The molecule has 1 aromatic carbocycles. The Morgan fingerprint density at radius 2 is 1.84 bits per heavy atom. The van der Waals surface area contributed by atoms with E-state index < -0.39 is 0 Å². The van der Waals surface area contributed by atoms with Gasteiger partial charge in [0.15, 0.2) is 5.65 Å². The molecule has 0 aliphatic carbocycles. The molecule has 8 nitrogen and oxygen atoms in total. The van der Waals surface area contributed by atoms with E-state index in [2.05, 4.69) is 36.1 Å². The van der Waals surface area contributed by atoms with Crippen molar-refractivity contribution >= 4 is 11.0 Å². The summed E-state index contributed by atoms with van der Waals surface area (Å²) in [5.74, 6) is 1.09. The van der Waals surface area contributed by atoms with Crippen LogP contribution in [0.25, 0.3) is 28.0 Å². The van der Waals surface area contributed by atoms with Crippen molar-refractivity contribution in [2.75, 3.05) is 7.11 Å². The number of imidazole rings is 1.